The number of alkyl halides is 6. The summed E-state index contributed by atoms with van der Waals surface area (Å²) < 4.78 is 127. The molecule has 3 aromatic carbocycles. The van der Waals surface area contributed by atoms with Gasteiger partial charge in [0.25, 0.3) is 10.0 Å². The highest BCUT2D eigenvalue weighted by Crippen LogP contribution is 2.43. The van der Waals surface area contributed by atoms with E-state index in [2.05, 4.69) is 0 Å². The second-order valence-electron chi connectivity index (χ2n) is 7.29. The molecule has 1 heterocycles. The minimum absolute atomic E-state index is 0.0320. The second kappa shape index (κ2) is 8.19. The van der Waals surface area contributed by atoms with Crippen LogP contribution >= 0.6 is 0 Å². The van der Waals surface area contributed by atoms with Gasteiger partial charge in [-0.1, -0.05) is 18.2 Å². The van der Waals surface area contributed by atoms with E-state index in [1.807, 2.05) is 0 Å². The number of nitrogens with zero attached hydrogens (tertiary/aromatic N) is 1. The van der Waals surface area contributed by atoms with E-state index < -0.39 is 49.8 Å². The van der Waals surface area contributed by atoms with Crippen molar-refractivity contribution >= 4 is 15.7 Å². The van der Waals surface area contributed by atoms with Gasteiger partial charge in [-0.15, -0.1) is 0 Å². The number of hydrogen-bond acceptors (Lipinski definition) is 3. The number of rotatable bonds is 3. The molecule has 0 amide bonds. The molecule has 4 nitrogen and oxygen atoms in total. The molecule has 12 heteroatoms. The molecule has 0 aliphatic carbocycles. The predicted molar refractivity (Wildman–Crippen MR) is 108 cm³/mol. The van der Waals surface area contributed by atoms with E-state index >= 15 is 0 Å². The average molecular weight is 505 g/mol. The van der Waals surface area contributed by atoms with Crippen molar-refractivity contribution < 1.29 is 43.9 Å². The maximum absolute atomic E-state index is 14.5. The molecule has 1 aliphatic rings. The van der Waals surface area contributed by atoms with E-state index in [0.717, 1.165) is 40.7 Å². The third-order valence-corrected chi connectivity index (χ3v) is 6.95. The molecule has 0 radical (unpaired) electrons. The first-order chi connectivity index (χ1) is 15.8. The first kappa shape index (κ1) is 23.9. The SMILES string of the molecule is O=S(=O)(c1cccc(C(F)(F)F)c1)N1CCOc2ccc(-c3c(F)cccc3C(F)(F)F)cc21. The van der Waals surface area contributed by atoms with E-state index in [0.29, 0.717) is 18.2 Å². The van der Waals surface area contributed by atoms with Crippen LogP contribution in [0.1, 0.15) is 11.1 Å². The van der Waals surface area contributed by atoms with Crippen LogP contribution in [0.25, 0.3) is 11.1 Å². The molecule has 0 unspecified atom stereocenters. The van der Waals surface area contributed by atoms with Crippen LogP contribution in [0, 0.1) is 5.82 Å². The Labute approximate surface area is 189 Å². The Balaban J connectivity index is 1.86. The van der Waals surface area contributed by atoms with Gasteiger partial charge in [0, 0.05) is 5.56 Å². The van der Waals surface area contributed by atoms with Crippen LogP contribution in [0.15, 0.2) is 65.6 Å². The molecule has 0 N–H and O–H groups in total. The molecule has 180 valence electrons. The van der Waals surface area contributed by atoms with Crippen molar-refractivity contribution in [3.8, 4) is 16.9 Å². The predicted octanol–water partition coefficient (Wildman–Crippen LogP) is 6.12. The number of benzene rings is 3. The number of halogens is 7. The number of fused-ring (bicyclic) bond motifs is 1. The first-order valence-corrected chi connectivity index (χ1v) is 11.1. The van der Waals surface area contributed by atoms with Crippen LogP contribution in [0.2, 0.25) is 0 Å². The lowest BCUT2D eigenvalue weighted by Gasteiger charge is -2.31. The Morgan fingerprint density at radius 2 is 1.56 bits per heavy atom. The zero-order valence-electron chi connectivity index (χ0n) is 16.9. The molecule has 0 aromatic heterocycles. The number of sulfonamides is 1. The zero-order valence-corrected chi connectivity index (χ0v) is 17.7. The van der Waals surface area contributed by atoms with Crippen molar-refractivity contribution in [1.82, 2.24) is 0 Å². The lowest BCUT2D eigenvalue weighted by Crippen LogP contribution is -2.38. The van der Waals surface area contributed by atoms with Crippen LogP contribution in [-0.2, 0) is 22.4 Å². The Hall–Kier alpha value is -3.28. The van der Waals surface area contributed by atoms with Gasteiger partial charge in [-0.25, -0.2) is 12.8 Å². The highest BCUT2D eigenvalue weighted by Gasteiger charge is 2.37. The minimum atomic E-state index is -4.90. The molecule has 1 aliphatic heterocycles. The van der Waals surface area contributed by atoms with Gasteiger partial charge in [-0.2, -0.15) is 26.3 Å². The van der Waals surface area contributed by atoms with E-state index in [1.54, 1.807) is 0 Å². The fourth-order valence-corrected chi connectivity index (χ4v) is 5.11. The highest BCUT2D eigenvalue weighted by atomic mass is 32.2. The standard InChI is InChI=1S/C22H14F7NO3S/c23-17-6-2-5-16(22(27,28)29)20(17)13-7-8-19-18(11-13)30(9-10-33-19)34(31,32)15-4-1-3-14(12-15)21(24,25)26/h1-8,11-12H,9-10H2. The molecule has 0 spiro atoms. The van der Waals surface area contributed by atoms with E-state index in [4.69, 9.17) is 4.74 Å². The highest BCUT2D eigenvalue weighted by molar-refractivity contribution is 7.92. The maximum Gasteiger partial charge on any atom is 0.417 e. The van der Waals surface area contributed by atoms with Gasteiger partial charge < -0.3 is 4.74 Å². The van der Waals surface area contributed by atoms with Gasteiger partial charge >= 0.3 is 12.4 Å². The lowest BCUT2D eigenvalue weighted by molar-refractivity contribution is -0.138. The maximum atomic E-state index is 14.5. The summed E-state index contributed by atoms with van der Waals surface area (Å²) in [6, 6.07) is 8.83. The van der Waals surface area contributed by atoms with Gasteiger partial charge in [0.1, 0.15) is 18.2 Å². The van der Waals surface area contributed by atoms with Crippen LogP contribution in [0.4, 0.5) is 36.4 Å². The Morgan fingerprint density at radius 1 is 0.853 bits per heavy atom. The van der Waals surface area contributed by atoms with Gasteiger partial charge in [0.2, 0.25) is 0 Å². The van der Waals surface area contributed by atoms with Crippen molar-refractivity contribution in [2.45, 2.75) is 17.2 Å². The Bertz CT molecular complexity index is 1350. The summed E-state index contributed by atoms with van der Waals surface area (Å²) in [6.45, 7) is -0.476. The van der Waals surface area contributed by atoms with Crippen molar-refractivity contribution in [3.63, 3.8) is 0 Å². The zero-order chi connectivity index (χ0) is 24.9. The van der Waals surface area contributed by atoms with Gasteiger partial charge in [0.15, 0.2) is 0 Å². The summed E-state index contributed by atoms with van der Waals surface area (Å²) in [5, 5.41) is 0. The van der Waals surface area contributed by atoms with Gasteiger partial charge in [-0.05, 0) is 48.0 Å². The molecule has 0 bridgehead atoms. The van der Waals surface area contributed by atoms with Crippen molar-refractivity contribution in [2.75, 3.05) is 17.5 Å². The molecular formula is C22H14F7NO3S. The van der Waals surface area contributed by atoms with Crippen LogP contribution in [0.3, 0.4) is 0 Å². The largest absolute Gasteiger partial charge is 0.489 e. The summed E-state index contributed by atoms with van der Waals surface area (Å²) in [5.74, 6) is -1.21. The van der Waals surface area contributed by atoms with Crippen molar-refractivity contribution in [2.24, 2.45) is 0 Å². The summed E-state index contributed by atoms with van der Waals surface area (Å²) in [4.78, 5) is -0.664. The van der Waals surface area contributed by atoms with Crippen LogP contribution in [-0.4, -0.2) is 21.6 Å². The summed E-state index contributed by atoms with van der Waals surface area (Å²) in [5.41, 5.74) is -3.75. The minimum Gasteiger partial charge on any atom is -0.489 e. The quantitative estimate of drug-likeness (QED) is 0.403. The summed E-state index contributed by atoms with van der Waals surface area (Å²) in [7, 11) is -4.57. The first-order valence-electron chi connectivity index (χ1n) is 9.63. The molecule has 34 heavy (non-hydrogen) atoms. The molecular weight excluding hydrogens is 491 g/mol. The summed E-state index contributed by atoms with van der Waals surface area (Å²) in [6.07, 6.45) is -9.69. The Morgan fingerprint density at radius 3 is 2.24 bits per heavy atom. The van der Waals surface area contributed by atoms with Crippen molar-refractivity contribution in [1.29, 1.82) is 0 Å². The van der Waals surface area contributed by atoms with E-state index in [-0.39, 0.29) is 30.2 Å². The second-order valence-corrected chi connectivity index (χ2v) is 9.16. The third-order valence-electron chi connectivity index (χ3n) is 5.14. The van der Waals surface area contributed by atoms with E-state index in [1.165, 1.54) is 6.07 Å². The number of ether oxygens (including phenoxy) is 1. The van der Waals surface area contributed by atoms with Crippen LogP contribution in [0.5, 0.6) is 5.75 Å². The molecule has 0 fully saturated rings. The molecule has 3 aromatic rings. The number of anilines is 1. The topological polar surface area (TPSA) is 46.6 Å². The third kappa shape index (κ3) is 4.29. The monoisotopic (exact) mass is 505 g/mol. The lowest BCUT2D eigenvalue weighted by atomic mass is 9.97. The average Bonchev–Trinajstić information content (AvgIpc) is 2.77. The van der Waals surface area contributed by atoms with Crippen molar-refractivity contribution in [3.05, 3.63) is 77.6 Å². The Kier molecular flexibility index (Phi) is 5.75. The molecule has 4 rings (SSSR count). The smallest absolute Gasteiger partial charge is 0.417 e. The van der Waals surface area contributed by atoms with E-state index in [9.17, 15) is 39.2 Å². The van der Waals surface area contributed by atoms with Gasteiger partial charge in [-0.3, -0.25) is 4.31 Å². The number of hydrogen-bond donors (Lipinski definition) is 0. The molecule has 0 saturated carbocycles. The molecule has 0 saturated heterocycles. The van der Waals surface area contributed by atoms with Crippen LogP contribution < -0.4 is 9.04 Å². The molecule has 0 atom stereocenters. The summed E-state index contributed by atoms with van der Waals surface area (Å²) >= 11 is 0. The fraction of sp³-hybridized carbons (Fsp3) is 0.182. The normalized spacial score (nSPS) is 14.5. The fourth-order valence-electron chi connectivity index (χ4n) is 3.61. The van der Waals surface area contributed by atoms with Gasteiger partial charge in [0.05, 0.1) is 28.3 Å².